The van der Waals surface area contributed by atoms with E-state index in [0.717, 1.165) is 42.7 Å². The molecule has 0 bridgehead atoms. The number of benzene rings is 2. The Kier molecular flexibility index (Phi) is 7.36. The highest BCUT2D eigenvalue weighted by molar-refractivity contribution is 7.89. The van der Waals surface area contributed by atoms with Crippen LogP contribution in [0.25, 0.3) is 0 Å². The Hall–Kier alpha value is -2.82. The monoisotopic (exact) mass is 515 g/mol. The van der Waals surface area contributed by atoms with Crippen molar-refractivity contribution in [2.24, 2.45) is 0 Å². The van der Waals surface area contributed by atoms with Crippen molar-refractivity contribution < 1.29 is 27.4 Å². The number of ether oxygens (including phenoxy) is 3. The summed E-state index contributed by atoms with van der Waals surface area (Å²) >= 11 is 0. The van der Waals surface area contributed by atoms with Crippen LogP contribution in [0.15, 0.2) is 41.3 Å². The molecule has 36 heavy (non-hydrogen) atoms. The van der Waals surface area contributed by atoms with Crippen LogP contribution in [0.1, 0.15) is 41.6 Å². The molecule has 3 heterocycles. The van der Waals surface area contributed by atoms with Crippen LogP contribution in [0.5, 0.6) is 17.2 Å². The highest BCUT2D eigenvalue weighted by atomic mass is 32.2. The first-order chi connectivity index (χ1) is 17.5. The molecule has 2 saturated heterocycles. The zero-order valence-electron chi connectivity index (χ0n) is 20.6. The summed E-state index contributed by atoms with van der Waals surface area (Å²) in [4.78, 5) is 17.5. The zero-order chi connectivity index (χ0) is 25.1. The Labute approximate surface area is 212 Å². The fourth-order valence-corrected chi connectivity index (χ4v) is 6.48. The molecular weight excluding hydrogens is 482 g/mol. The molecule has 0 spiro atoms. The molecule has 0 aromatic heterocycles. The number of nitrogens with zero attached hydrogens (tertiary/aromatic N) is 3. The normalized spacial score (nSPS) is 19.2. The topological polar surface area (TPSA) is 88.6 Å². The predicted molar refractivity (Wildman–Crippen MR) is 134 cm³/mol. The Morgan fingerprint density at radius 1 is 0.889 bits per heavy atom. The van der Waals surface area contributed by atoms with E-state index in [2.05, 4.69) is 4.90 Å². The van der Waals surface area contributed by atoms with E-state index in [1.807, 2.05) is 23.1 Å². The molecule has 3 aliphatic heterocycles. The molecule has 0 N–H and O–H groups in total. The van der Waals surface area contributed by atoms with Crippen molar-refractivity contribution in [3.05, 3.63) is 47.5 Å². The fraction of sp³-hybridized carbons (Fsp3) is 0.500. The van der Waals surface area contributed by atoms with Crippen LogP contribution in [-0.2, 0) is 16.6 Å². The van der Waals surface area contributed by atoms with E-state index in [9.17, 15) is 13.2 Å². The summed E-state index contributed by atoms with van der Waals surface area (Å²) in [6.45, 7) is 4.32. The Balaban J connectivity index is 1.27. The molecule has 2 fully saturated rings. The number of sulfonamides is 1. The molecule has 0 radical (unpaired) electrons. The molecule has 9 nitrogen and oxygen atoms in total. The van der Waals surface area contributed by atoms with Gasteiger partial charge in [0, 0.05) is 45.8 Å². The molecule has 0 unspecified atom stereocenters. The molecule has 0 aliphatic carbocycles. The van der Waals surface area contributed by atoms with Crippen molar-refractivity contribution in [1.29, 1.82) is 0 Å². The van der Waals surface area contributed by atoms with Crippen LogP contribution in [0, 0.1) is 0 Å². The van der Waals surface area contributed by atoms with Gasteiger partial charge in [-0.1, -0.05) is 18.9 Å². The number of carbonyl (C=O) groups excluding carboxylic acids is 1. The maximum atomic E-state index is 13.5. The van der Waals surface area contributed by atoms with Gasteiger partial charge in [-0.3, -0.25) is 9.69 Å². The highest BCUT2D eigenvalue weighted by Gasteiger charge is 2.31. The van der Waals surface area contributed by atoms with Crippen molar-refractivity contribution in [3.8, 4) is 17.2 Å². The van der Waals surface area contributed by atoms with Crippen molar-refractivity contribution in [1.82, 2.24) is 14.1 Å². The number of fused-ring (bicyclic) bond motifs is 1. The SMILES string of the molecule is COc1ccc(S(=O)(=O)N2CCN(Cc3ccc4c(c3)OCO4)CC2)cc1C(=O)N1CCCCCC1. The fourth-order valence-electron chi connectivity index (χ4n) is 5.03. The highest BCUT2D eigenvalue weighted by Crippen LogP contribution is 2.33. The van der Waals surface area contributed by atoms with Crippen LogP contribution < -0.4 is 14.2 Å². The van der Waals surface area contributed by atoms with Crippen molar-refractivity contribution >= 4 is 15.9 Å². The zero-order valence-corrected chi connectivity index (χ0v) is 21.5. The van der Waals surface area contributed by atoms with Gasteiger partial charge in [-0.2, -0.15) is 4.31 Å². The lowest BCUT2D eigenvalue weighted by Gasteiger charge is -2.34. The predicted octanol–water partition coefficient (Wildman–Crippen LogP) is 2.95. The summed E-state index contributed by atoms with van der Waals surface area (Å²) in [5.41, 5.74) is 1.41. The van der Waals surface area contributed by atoms with E-state index in [1.54, 1.807) is 6.07 Å². The van der Waals surface area contributed by atoms with Gasteiger partial charge in [0.15, 0.2) is 11.5 Å². The maximum Gasteiger partial charge on any atom is 0.257 e. The summed E-state index contributed by atoms with van der Waals surface area (Å²) in [6, 6.07) is 10.5. The summed E-state index contributed by atoms with van der Waals surface area (Å²) in [5, 5.41) is 0. The minimum absolute atomic E-state index is 0.130. The van der Waals surface area contributed by atoms with E-state index in [1.165, 1.54) is 23.5 Å². The summed E-state index contributed by atoms with van der Waals surface area (Å²) < 4.78 is 44.8. The lowest BCUT2D eigenvalue weighted by molar-refractivity contribution is 0.0758. The molecule has 3 aliphatic rings. The average molecular weight is 516 g/mol. The lowest BCUT2D eigenvalue weighted by atomic mass is 10.1. The van der Waals surface area contributed by atoms with E-state index in [4.69, 9.17) is 14.2 Å². The molecule has 2 aromatic rings. The quantitative estimate of drug-likeness (QED) is 0.585. The molecular formula is C26H33N3O6S. The molecule has 5 rings (SSSR count). The number of piperazine rings is 1. The van der Waals surface area contributed by atoms with Crippen LogP contribution in [0.2, 0.25) is 0 Å². The van der Waals surface area contributed by atoms with Gasteiger partial charge in [-0.25, -0.2) is 8.42 Å². The number of hydrogen-bond donors (Lipinski definition) is 0. The van der Waals surface area contributed by atoms with Crippen molar-refractivity contribution in [3.63, 3.8) is 0 Å². The lowest BCUT2D eigenvalue weighted by Crippen LogP contribution is -2.48. The summed E-state index contributed by atoms with van der Waals surface area (Å²) in [7, 11) is -2.24. The number of methoxy groups -OCH3 is 1. The second-order valence-electron chi connectivity index (χ2n) is 9.44. The van der Waals surface area contributed by atoms with Gasteiger partial charge in [0.2, 0.25) is 16.8 Å². The van der Waals surface area contributed by atoms with Crippen LogP contribution in [-0.4, -0.2) is 81.6 Å². The number of amides is 1. The Bertz CT molecular complexity index is 1200. The minimum atomic E-state index is -3.74. The van der Waals surface area contributed by atoms with E-state index < -0.39 is 10.0 Å². The van der Waals surface area contributed by atoms with Gasteiger partial charge in [0.05, 0.1) is 17.6 Å². The number of hydrogen-bond acceptors (Lipinski definition) is 7. The third-order valence-electron chi connectivity index (χ3n) is 7.11. The second kappa shape index (κ2) is 10.7. The molecule has 0 saturated carbocycles. The van der Waals surface area contributed by atoms with Gasteiger partial charge < -0.3 is 19.1 Å². The summed E-state index contributed by atoms with van der Waals surface area (Å²) in [6.07, 6.45) is 4.14. The van der Waals surface area contributed by atoms with E-state index >= 15 is 0 Å². The Morgan fingerprint density at radius 2 is 1.61 bits per heavy atom. The number of rotatable bonds is 6. The van der Waals surface area contributed by atoms with Gasteiger partial charge in [0.25, 0.3) is 5.91 Å². The number of likely N-dealkylation sites (tertiary alicyclic amines) is 1. The van der Waals surface area contributed by atoms with Crippen molar-refractivity contribution in [2.75, 3.05) is 53.2 Å². The third-order valence-corrected chi connectivity index (χ3v) is 9.00. The minimum Gasteiger partial charge on any atom is -0.496 e. The van der Waals surface area contributed by atoms with Crippen LogP contribution >= 0.6 is 0 Å². The van der Waals surface area contributed by atoms with Gasteiger partial charge in [-0.05, 0) is 48.7 Å². The smallest absolute Gasteiger partial charge is 0.257 e. The first-order valence-electron chi connectivity index (χ1n) is 12.5. The van der Waals surface area contributed by atoms with Crippen LogP contribution in [0.4, 0.5) is 0 Å². The third kappa shape index (κ3) is 5.16. The Morgan fingerprint density at radius 3 is 2.33 bits per heavy atom. The standard InChI is InChI=1S/C26H33N3O6S/c1-33-23-9-7-21(17-22(23)26(30)28-10-4-2-3-5-11-28)36(31,32)29-14-12-27(13-15-29)18-20-6-8-24-25(16-20)35-19-34-24/h6-9,16-17H,2-5,10-15,18-19H2,1H3. The summed E-state index contributed by atoms with van der Waals surface area (Å²) in [5.74, 6) is 1.73. The van der Waals surface area contributed by atoms with E-state index in [-0.39, 0.29) is 17.6 Å². The molecule has 194 valence electrons. The first kappa shape index (κ1) is 24.9. The van der Waals surface area contributed by atoms with Crippen molar-refractivity contribution in [2.45, 2.75) is 37.1 Å². The van der Waals surface area contributed by atoms with Crippen LogP contribution in [0.3, 0.4) is 0 Å². The largest absolute Gasteiger partial charge is 0.496 e. The average Bonchev–Trinajstić information content (AvgIpc) is 3.19. The molecule has 2 aromatic carbocycles. The van der Waals surface area contributed by atoms with Gasteiger partial charge >= 0.3 is 0 Å². The molecule has 1 amide bonds. The second-order valence-corrected chi connectivity index (χ2v) is 11.4. The molecule has 10 heteroatoms. The van der Waals surface area contributed by atoms with Gasteiger partial charge in [-0.15, -0.1) is 0 Å². The first-order valence-corrected chi connectivity index (χ1v) is 14.0. The van der Waals surface area contributed by atoms with E-state index in [0.29, 0.717) is 57.1 Å². The molecule has 0 atom stereocenters. The maximum absolute atomic E-state index is 13.5. The van der Waals surface area contributed by atoms with Gasteiger partial charge in [0.1, 0.15) is 5.75 Å². The number of carbonyl (C=O) groups is 1.